The molecule has 2 aromatic carbocycles. The summed E-state index contributed by atoms with van der Waals surface area (Å²) in [6, 6.07) is 10.9. The first-order valence-electron chi connectivity index (χ1n) is 13.7. The van der Waals surface area contributed by atoms with E-state index >= 15 is 0 Å². The van der Waals surface area contributed by atoms with Gasteiger partial charge in [0.05, 0.1) is 5.54 Å². The van der Waals surface area contributed by atoms with Gasteiger partial charge in [-0.1, -0.05) is 23.7 Å². The number of benzene rings is 2. The molecule has 1 atom stereocenters. The average molecular weight is 665 g/mol. The lowest BCUT2D eigenvalue weighted by Gasteiger charge is -2.19. The lowest BCUT2D eigenvalue weighted by atomic mass is 10.1. The van der Waals surface area contributed by atoms with Crippen LogP contribution in [0.15, 0.2) is 48.5 Å². The smallest absolute Gasteiger partial charge is 0.422 e. The molecule has 0 bridgehead atoms. The van der Waals surface area contributed by atoms with E-state index in [4.69, 9.17) is 22.1 Å². The Labute approximate surface area is 264 Å². The lowest BCUT2D eigenvalue weighted by molar-refractivity contribution is -0.154. The molecule has 4 rings (SSSR count). The van der Waals surface area contributed by atoms with Gasteiger partial charge in [0, 0.05) is 22.8 Å². The first-order chi connectivity index (χ1) is 21.7. The zero-order chi connectivity index (χ0) is 33.5. The molecule has 0 spiro atoms. The summed E-state index contributed by atoms with van der Waals surface area (Å²) in [4.78, 5) is 58.5. The van der Waals surface area contributed by atoms with Crippen molar-refractivity contribution in [2.75, 3.05) is 23.8 Å². The quantitative estimate of drug-likeness (QED) is 0.109. The number of alkyl halides is 3. The minimum Gasteiger partial charge on any atom is -0.480 e. The van der Waals surface area contributed by atoms with E-state index in [0.717, 1.165) is 5.56 Å². The van der Waals surface area contributed by atoms with Gasteiger partial charge >= 0.3 is 30.0 Å². The minimum absolute atomic E-state index is 0.0266. The van der Waals surface area contributed by atoms with Crippen molar-refractivity contribution in [3.8, 4) is 6.01 Å². The second kappa shape index (κ2) is 14.3. The molecule has 0 unspecified atom stereocenters. The van der Waals surface area contributed by atoms with E-state index in [0.29, 0.717) is 23.6 Å². The van der Waals surface area contributed by atoms with Crippen molar-refractivity contribution < 1.29 is 42.2 Å². The van der Waals surface area contributed by atoms with Gasteiger partial charge in [-0.15, -0.1) is 0 Å². The molecular formula is C28H28ClF3N8O6. The van der Waals surface area contributed by atoms with Gasteiger partial charge < -0.3 is 36.8 Å². The number of carbonyl (C=O) groups is 4. The SMILES string of the molecule is NC(=O)C(=O)NCCC[C@@H](NC(=O)c1ccc(Nc2nc(NC3(c4ccc(Cl)cc4)CC3)nc(OCC(F)(F)F)n2)cc1)C(=O)O. The summed E-state index contributed by atoms with van der Waals surface area (Å²) in [6.07, 6.45) is -3.13. The van der Waals surface area contributed by atoms with Crippen molar-refractivity contribution in [2.24, 2.45) is 5.73 Å². The van der Waals surface area contributed by atoms with Crippen molar-refractivity contribution in [1.82, 2.24) is 25.6 Å². The number of carboxylic acid groups (broad SMARTS) is 1. The fourth-order valence-electron chi connectivity index (χ4n) is 4.20. The third-order valence-electron chi connectivity index (χ3n) is 6.66. The number of hydrogen-bond donors (Lipinski definition) is 6. The van der Waals surface area contributed by atoms with Gasteiger partial charge in [0.2, 0.25) is 11.9 Å². The zero-order valence-corrected chi connectivity index (χ0v) is 24.6. The molecule has 0 aliphatic heterocycles. The maximum Gasteiger partial charge on any atom is 0.422 e. The second-order valence-electron chi connectivity index (χ2n) is 10.2. The molecular weight excluding hydrogens is 637 g/mol. The third kappa shape index (κ3) is 9.65. The Morgan fingerprint density at radius 2 is 1.65 bits per heavy atom. The van der Waals surface area contributed by atoms with E-state index in [1.165, 1.54) is 24.3 Å². The summed E-state index contributed by atoms with van der Waals surface area (Å²) in [7, 11) is 0. The summed E-state index contributed by atoms with van der Waals surface area (Å²) in [5.41, 5.74) is 5.61. The maximum atomic E-state index is 12.8. The van der Waals surface area contributed by atoms with Crippen LogP contribution in [0.4, 0.5) is 30.8 Å². The van der Waals surface area contributed by atoms with Crippen molar-refractivity contribution in [1.29, 1.82) is 0 Å². The normalized spacial score (nSPS) is 14.0. The molecule has 1 aliphatic rings. The molecule has 1 aliphatic carbocycles. The fourth-order valence-corrected chi connectivity index (χ4v) is 4.33. The van der Waals surface area contributed by atoms with Crippen molar-refractivity contribution >= 4 is 52.9 Å². The van der Waals surface area contributed by atoms with Gasteiger partial charge in [0.15, 0.2) is 6.61 Å². The number of amides is 3. The minimum atomic E-state index is -4.63. The first kappa shape index (κ1) is 33.7. The highest BCUT2D eigenvalue weighted by Gasteiger charge is 2.45. The molecule has 244 valence electrons. The van der Waals surface area contributed by atoms with Gasteiger partial charge in [-0.3, -0.25) is 14.4 Å². The number of halogens is 4. The molecule has 7 N–H and O–H groups in total. The summed E-state index contributed by atoms with van der Waals surface area (Å²) < 4.78 is 43.3. The molecule has 3 aromatic rings. The summed E-state index contributed by atoms with van der Waals surface area (Å²) in [5.74, 6) is -4.37. The van der Waals surface area contributed by atoms with E-state index in [1.54, 1.807) is 12.1 Å². The van der Waals surface area contributed by atoms with Gasteiger partial charge in [0.1, 0.15) is 6.04 Å². The number of anilines is 3. The number of aromatic nitrogens is 3. The van der Waals surface area contributed by atoms with Crippen LogP contribution in [0, 0.1) is 0 Å². The molecule has 1 fully saturated rings. The van der Waals surface area contributed by atoms with Crippen LogP contribution in [0.5, 0.6) is 6.01 Å². The number of nitrogens with one attached hydrogen (secondary N) is 4. The number of nitrogens with zero attached hydrogens (tertiary/aromatic N) is 3. The molecule has 0 saturated heterocycles. The summed E-state index contributed by atoms with van der Waals surface area (Å²) in [6.45, 7) is -1.65. The maximum absolute atomic E-state index is 12.8. The summed E-state index contributed by atoms with van der Waals surface area (Å²) in [5, 5.41) is 20.6. The molecule has 0 radical (unpaired) electrons. The largest absolute Gasteiger partial charge is 0.480 e. The van der Waals surface area contributed by atoms with Gasteiger partial charge in [-0.25, -0.2) is 4.79 Å². The van der Waals surface area contributed by atoms with Crippen LogP contribution in [-0.2, 0) is 19.9 Å². The van der Waals surface area contributed by atoms with Gasteiger partial charge in [-0.05, 0) is 67.6 Å². The average Bonchev–Trinajstić information content (AvgIpc) is 3.77. The Morgan fingerprint density at radius 3 is 2.24 bits per heavy atom. The first-order valence-corrected chi connectivity index (χ1v) is 14.1. The lowest BCUT2D eigenvalue weighted by Crippen LogP contribution is -2.42. The second-order valence-corrected chi connectivity index (χ2v) is 10.6. The van der Waals surface area contributed by atoms with Gasteiger partial charge in [0.25, 0.3) is 5.91 Å². The Morgan fingerprint density at radius 1 is 1.00 bits per heavy atom. The molecule has 3 amide bonds. The Balaban J connectivity index is 1.43. The topological polar surface area (TPSA) is 211 Å². The van der Waals surface area contributed by atoms with Crippen LogP contribution in [0.25, 0.3) is 0 Å². The monoisotopic (exact) mass is 664 g/mol. The van der Waals surface area contributed by atoms with Crippen LogP contribution in [0.1, 0.15) is 41.6 Å². The Kier molecular flexibility index (Phi) is 10.5. The fraction of sp³-hybridized carbons (Fsp3) is 0.321. The number of ether oxygens (including phenoxy) is 1. The third-order valence-corrected chi connectivity index (χ3v) is 6.92. The molecule has 18 heteroatoms. The predicted octanol–water partition coefficient (Wildman–Crippen LogP) is 2.88. The molecule has 1 aromatic heterocycles. The highest BCUT2D eigenvalue weighted by atomic mass is 35.5. The van der Waals surface area contributed by atoms with Crippen LogP contribution in [-0.4, -0.2) is 69.1 Å². The van der Waals surface area contributed by atoms with Crippen LogP contribution in [0.3, 0.4) is 0 Å². The number of aliphatic carboxylic acids is 1. The molecule has 46 heavy (non-hydrogen) atoms. The highest BCUT2D eigenvalue weighted by molar-refractivity contribution is 6.34. The predicted molar refractivity (Wildman–Crippen MR) is 157 cm³/mol. The van der Waals surface area contributed by atoms with Crippen molar-refractivity contribution in [3.63, 3.8) is 0 Å². The summed E-state index contributed by atoms with van der Waals surface area (Å²) >= 11 is 5.99. The van der Waals surface area contributed by atoms with Gasteiger partial charge in [-0.2, -0.15) is 28.1 Å². The van der Waals surface area contributed by atoms with Crippen LogP contribution >= 0.6 is 11.6 Å². The molecule has 14 nitrogen and oxygen atoms in total. The Hall–Kier alpha value is -5.19. The number of carboxylic acids is 1. The highest BCUT2D eigenvalue weighted by Crippen LogP contribution is 2.48. The van der Waals surface area contributed by atoms with E-state index < -0.39 is 54.1 Å². The van der Waals surface area contributed by atoms with Crippen LogP contribution < -0.4 is 31.7 Å². The number of primary amides is 1. The number of rotatable bonds is 14. The van der Waals surface area contributed by atoms with Crippen LogP contribution in [0.2, 0.25) is 5.02 Å². The van der Waals surface area contributed by atoms with E-state index in [2.05, 4.69) is 36.2 Å². The standard InChI is InChI=1S/C28H28ClF3N8O6/c29-17-7-5-16(6-8-17)27(11-12-27)40-25-37-24(38-26(39-25)46-14-28(30,31)32)35-18-9-3-15(4-10-18)21(42)36-19(23(44)45)2-1-13-34-22(43)20(33)41/h3-10,19H,1-2,11-14H2,(H2,33,41)(H,34,43)(H,36,42)(H,44,45)(H2,35,37,38,39,40)/t19-/m1/s1. The molecule has 1 saturated carbocycles. The van der Waals surface area contributed by atoms with Crippen molar-refractivity contribution in [3.05, 3.63) is 64.7 Å². The number of hydrogen-bond acceptors (Lipinski definition) is 10. The van der Waals surface area contributed by atoms with Crippen molar-refractivity contribution in [2.45, 2.75) is 43.4 Å². The number of nitrogens with two attached hydrogens (primary N) is 1. The van der Waals surface area contributed by atoms with E-state index in [9.17, 15) is 37.5 Å². The van der Waals surface area contributed by atoms with E-state index in [-0.39, 0.29) is 36.8 Å². The zero-order valence-electron chi connectivity index (χ0n) is 23.9. The molecule has 1 heterocycles. The Bertz CT molecular complexity index is 1590. The number of carbonyl (C=O) groups excluding carboxylic acids is 3. The van der Waals surface area contributed by atoms with E-state index in [1.807, 2.05) is 12.1 Å².